The number of carbonyl (C=O) groups excluding carboxylic acids is 2. The van der Waals surface area contributed by atoms with Gasteiger partial charge in [-0.15, -0.1) is 0 Å². The number of carbonyl (C=O) groups is 2. The fourth-order valence-corrected chi connectivity index (χ4v) is 6.96. The largest absolute Gasteiger partial charge is 0.492 e. The van der Waals surface area contributed by atoms with Crippen molar-refractivity contribution in [3.63, 3.8) is 0 Å². The van der Waals surface area contributed by atoms with Crippen LogP contribution in [0.25, 0.3) is 10.9 Å². The van der Waals surface area contributed by atoms with Crippen molar-refractivity contribution in [2.75, 3.05) is 44.4 Å². The Kier molecular flexibility index (Phi) is 10.9. The number of fused-ring (bicyclic) bond motifs is 1. The molecule has 2 saturated heterocycles. The quantitative estimate of drug-likeness (QED) is 0.167. The van der Waals surface area contributed by atoms with Crippen molar-refractivity contribution in [2.45, 2.75) is 97.2 Å². The average Bonchev–Trinajstić information content (AvgIpc) is 3.60. The van der Waals surface area contributed by atoms with Crippen LogP contribution >= 0.6 is 0 Å². The molecule has 0 aliphatic carbocycles. The number of aliphatic hydroxyl groups excluding tert-OH is 1. The van der Waals surface area contributed by atoms with Crippen LogP contribution in [0.1, 0.15) is 88.8 Å². The molecule has 1 unspecified atom stereocenters. The molecular formula is C39H55N5O5. The number of anilines is 2. The molecule has 5 rings (SSSR count). The van der Waals surface area contributed by atoms with Gasteiger partial charge < -0.3 is 29.8 Å². The molecule has 10 heteroatoms. The van der Waals surface area contributed by atoms with Gasteiger partial charge >= 0.3 is 0 Å². The van der Waals surface area contributed by atoms with Crippen LogP contribution in [0, 0.1) is 0 Å². The number of nitrogens with zero attached hydrogens (tertiary/aromatic N) is 3. The summed E-state index contributed by atoms with van der Waals surface area (Å²) in [5.74, 6) is 0.384. The number of aryl methyl sites for hydroxylation is 1. The molecule has 1 amide bonds. The van der Waals surface area contributed by atoms with Crippen LogP contribution in [0.5, 0.6) is 5.75 Å². The van der Waals surface area contributed by atoms with Gasteiger partial charge in [-0.05, 0) is 101 Å². The fraction of sp³-hybridized carbons (Fsp3) is 0.538. The Morgan fingerprint density at radius 2 is 1.71 bits per heavy atom. The summed E-state index contributed by atoms with van der Waals surface area (Å²) in [6.45, 7) is 15.4. The number of aliphatic hydroxyl groups is 1. The number of amides is 1. The monoisotopic (exact) mass is 673 g/mol. The van der Waals surface area contributed by atoms with Crippen molar-refractivity contribution in [3.05, 3.63) is 64.9 Å². The Bertz CT molecular complexity index is 1700. The SMILES string of the molecule is COc1c(NC(=O)c2cc3cccc(CN4CCC(=CC(=O)[C@@H]5CCCN5C)CC4)c3n2C)cc(C(C)(C)C)cc1NC(O)OC(C)(C)C. The first-order valence-electron chi connectivity index (χ1n) is 17.4. The van der Waals surface area contributed by atoms with Crippen LogP contribution in [0.2, 0.25) is 0 Å². The second-order valence-electron chi connectivity index (χ2n) is 15.6. The van der Waals surface area contributed by atoms with E-state index in [4.69, 9.17) is 9.47 Å². The van der Waals surface area contributed by atoms with Gasteiger partial charge in [-0.25, -0.2) is 0 Å². The lowest BCUT2D eigenvalue weighted by molar-refractivity contribution is -0.148. The van der Waals surface area contributed by atoms with Crippen LogP contribution < -0.4 is 15.4 Å². The molecule has 0 saturated carbocycles. The first-order chi connectivity index (χ1) is 23.0. The summed E-state index contributed by atoms with van der Waals surface area (Å²) in [4.78, 5) is 31.4. The molecule has 2 aliphatic heterocycles. The predicted octanol–water partition coefficient (Wildman–Crippen LogP) is 6.43. The van der Waals surface area contributed by atoms with E-state index in [0.717, 1.165) is 73.9 Å². The molecule has 0 radical (unpaired) electrons. The zero-order valence-corrected chi connectivity index (χ0v) is 30.8. The first-order valence-corrected chi connectivity index (χ1v) is 17.4. The summed E-state index contributed by atoms with van der Waals surface area (Å²) in [6.07, 6.45) is 4.47. The van der Waals surface area contributed by atoms with E-state index in [2.05, 4.69) is 47.3 Å². The number of ketones is 1. The number of hydrogen-bond donors (Lipinski definition) is 3. The van der Waals surface area contributed by atoms with E-state index in [1.54, 1.807) is 7.11 Å². The van der Waals surface area contributed by atoms with Gasteiger partial charge in [-0.1, -0.05) is 44.5 Å². The van der Waals surface area contributed by atoms with E-state index in [-0.39, 0.29) is 23.1 Å². The summed E-state index contributed by atoms with van der Waals surface area (Å²) in [6, 6.07) is 12.0. The Morgan fingerprint density at radius 1 is 1.02 bits per heavy atom. The molecule has 0 bridgehead atoms. The molecule has 2 fully saturated rings. The normalized spacial score (nSPS) is 18.5. The highest BCUT2D eigenvalue weighted by Gasteiger charge is 2.28. The number of hydrogen-bond acceptors (Lipinski definition) is 8. The number of likely N-dealkylation sites (tertiary alicyclic amines) is 2. The number of ether oxygens (including phenoxy) is 2. The van der Waals surface area contributed by atoms with Crippen molar-refractivity contribution in [1.29, 1.82) is 0 Å². The summed E-state index contributed by atoms with van der Waals surface area (Å²) < 4.78 is 13.4. The maximum atomic E-state index is 14.0. The Morgan fingerprint density at radius 3 is 2.33 bits per heavy atom. The van der Waals surface area contributed by atoms with Crippen molar-refractivity contribution in [2.24, 2.45) is 7.05 Å². The molecule has 3 N–H and O–H groups in total. The Balaban J connectivity index is 1.35. The first kappa shape index (κ1) is 36.6. The van der Waals surface area contributed by atoms with Crippen LogP contribution in [-0.4, -0.2) is 83.0 Å². The van der Waals surface area contributed by atoms with Crippen molar-refractivity contribution >= 4 is 34.0 Å². The highest BCUT2D eigenvalue weighted by atomic mass is 16.6. The van der Waals surface area contributed by atoms with Crippen molar-refractivity contribution in [1.82, 2.24) is 14.4 Å². The minimum Gasteiger partial charge on any atom is -0.492 e. The molecule has 1 aromatic heterocycles. The van der Waals surface area contributed by atoms with E-state index < -0.39 is 12.0 Å². The summed E-state index contributed by atoms with van der Waals surface area (Å²) in [5, 5.41) is 17.8. The van der Waals surface area contributed by atoms with E-state index in [9.17, 15) is 14.7 Å². The highest BCUT2D eigenvalue weighted by Crippen LogP contribution is 2.39. The minimum absolute atomic E-state index is 0.0371. The van der Waals surface area contributed by atoms with Crippen LogP contribution in [0.3, 0.4) is 0 Å². The number of benzene rings is 2. The topological polar surface area (TPSA) is 108 Å². The van der Waals surface area contributed by atoms with E-state index in [0.29, 0.717) is 22.8 Å². The highest BCUT2D eigenvalue weighted by molar-refractivity contribution is 6.08. The lowest BCUT2D eigenvalue weighted by Crippen LogP contribution is -2.33. The van der Waals surface area contributed by atoms with Gasteiger partial charge in [0.1, 0.15) is 5.69 Å². The second kappa shape index (κ2) is 14.6. The Labute approximate surface area is 291 Å². The molecule has 0 spiro atoms. The zero-order valence-electron chi connectivity index (χ0n) is 30.8. The lowest BCUT2D eigenvalue weighted by Gasteiger charge is -2.29. The third-order valence-electron chi connectivity index (χ3n) is 9.61. The van der Waals surface area contributed by atoms with E-state index in [1.807, 2.05) is 75.8 Å². The summed E-state index contributed by atoms with van der Waals surface area (Å²) in [7, 11) is 5.51. The number of nitrogens with one attached hydrogen (secondary N) is 2. The number of methoxy groups -OCH3 is 1. The van der Waals surface area contributed by atoms with E-state index >= 15 is 0 Å². The maximum absolute atomic E-state index is 14.0. The molecule has 2 atom stereocenters. The predicted molar refractivity (Wildman–Crippen MR) is 196 cm³/mol. The maximum Gasteiger partial charge on any atom is 0.272 e. The van der Waals surface area contributed by atoms with Crippen LogP contribution in [0.4, 0.5) is 11.4 Å². The van der Waals surface area contributed by atoms with Gasteiger partial charge in [-0.3, -0.25) is 19.4 Å². The van der Waals surface area contributed by atoms with Gasteiger partial charge in [0.25, 0.3) is 5.91 Å². The molecule has 3 aromatic rings. The Hall–Kier alpha value is -3.70. The van der Waals surface area contributed by atoms with E-state index in [1.165, 1.54) is 5.57 Å². The van der Waals surface area contributed by atoms with Gasteiger partial charge in [0.15, 0.2) is 11.5 Å². The molecular weight excluding hydrogens is 618 g/mol. The minimum atomic E-state index is -1.28. The van der Waals surface area contributed by atoms with Gasteiger partial charge in [0.05, 0.1) is 35.6 Å². The smallest absolute Gasteiger partial charge is 0.272 e. The molecule has 266 valence electrons. The van der Waals surface area contributed by atoms with Crippen LogP contribution in [-0.2, 0) is 28.5 Å². The number of aromatic nitrogens is 1. The van der Waals surface area contributed by atoms with Gasteiger partial charge in [-0.2, -0.15) is 0 Å². The van der Waals surface area contributed by atoms with Crippen LogP contribution in [0.15, 0.2) is 48.0 Å². The summed E-state index contributed by atoms with van der Waals surface area (Å²) in [5.41, 5.74) is 5.07. The average molecular weight is 674 g/mol. The number of rotatable bonds is 10. The molecule has 2 aromatic carbocycles. The summed E-state index contributed by atoms with van der Waals surface area (Å²) >= 11 is 0. The molecule has 2 aliphatic rings. The second-order valence-corrected chi connectivity index (χ2v) is 15.6. The standard InChI is InChI=1S/C39H55N5O5/c1-38(2,3)28-22-29(35(48-9)30(23-28)41-37(47)49-39(4,5)6)40-36(46)32-21-26-12-10-13-27(34(26)43(32)8)24-44-18-15-25(16-19-44)20-33(45)31-14-11-17-42(31)7/h10,12-13,20-23,31,37,41,47H,11,14-19,24H2,1-9H3,(H,40,46)/t31-,37?/m0/s1. The third-order valence-corrected chi connectivity index (χ3v) is 9.61. The van der Waals surface area contributed by atoms with Gasteiger partial charge in [0, 0.05) is 32.1 Å². The number of likely N-dealkylation sites (N-methyl/N-ethyl adjacent to an activating group) is 1. The molecule has 10 nitrogen and oxygen atoms in total. The van der Waals surface area contributed by atoms with Crippen molar-refractivity contribution < 1.29 is 24.2 Å². The molecule has 49 heavy (non-hydrogen) atoms. The van der Waals surface area contributed by atoms with Gasteiger partial charge in [0.2, 0.25) is 6.41 Å². The van der Waals surface area contributed by atoms with Crippen molar-refractivity contribution in [3.8, 4) is 5.75 Å². The third kappa shape index (κ3) is 8.73. The number of piperidine rings is 1. The number of para-hydroxylation sites is 1. The fourth-order valence-electron chi connectivity index (χ4n) is 6.96. The zero-order chi connectivity index (χ0) is 35.7. The molecule has 3 heterocycles. The lowest BCUT2D eigenvalue weighted by atomic mass is 9.86.